The molecule has 1 aliphatic rings. The highest BCUT2D eigenvalue weighted by Crippen LogP contribution is 2.24. The molecule has 0 spiro atoms. The Bertz CT molecular complexity index is 325. The Morgan fingerprint density at radius 3 is 2.35 bits per heavy atom. The van der Waals surface area contributed by atoms with Crippen molar-refractivity contribution in [2.75, 3.05) is 13.6 Å². The topological polar surface area (TPSA) is 69.6 Å². The number of carboxylic acid groups (broad SMARTS) is 1. The van der Waals surface area contributed by atoms with Gasteiger partial charge in [0.05, 0.1) is 0 Å². The lowest BCUT2D eigenvalue weighted by molar-refractivity contribution is -0.139. The molecular formula is C15H28N2O3. The number of hydrogen-bond acceptors (Lipinski definition) is 2. The molecule has 116 valence electrons. The predicted molar refractivity (Wildman–Crippen MR) is 78.6 cm³/mol. The number of aliphatic carboxylic acids is 1. The highest BCUT2D eigenvalue weighted by Gasteiger charge is 2.24. The standard InChI is InChI=1S/C15H28N2O3/c1-11(2)9-13(14(18)19)16-15(20)17(3)10-12-7-5-4-6-8-12/h11-13H,4-10H2,1-3H3,(H,16,20)(H,18,19)/t13-/m1/s1. The zero-order valence-corrected chi connectivity index (χ0v) is 12.9. The third kappa shape index (κ3) is 5.80. The van der Waals surface area contributed by atoms with Crippen LogP contribution in [0.5, 0.6) is 0 Å². The Morgan fingerprint density at radius 2 is 1.85 bits per heavy atom. The first kappa shape index (κ1) is 16.8. The molecule has 1 atom stereocenters. The van der Waals surface area contributed by atoms with Crippen molar-refractivity contribution in [3.05, 3.63) is 0 Å². The fourth-order valence-corrected chi connectivity index (χ4v) is 2.79. The second-order valence-corrected chi connectivity index (χ2v) is 6.35. The van der Waals surface area contributed by atoms with Crippen LogP contribution in [0.3, 0.4) is 0 Å². The van der Waals surface area contributed by atoms with Crippen LogP contribution >= 0.6 is 0 Å². The molecular weight excluding hydrogens is 256 g/mol. The van der Waals surface area contributed by atoms with Gasteiger partial charge < -0.3 is 15.3 Å². The fraction of sp³-hybridized carbons (Fsp3) is 0.867. The first-order chi connectivity index (χ1) is 9.40. The van der Waals surface area contributed by atoms with Crippen molar-refractivity contribution in [2.45, 2.75) is 58.4 Å². The lowest BCUT2D eigenvalue weighted by Gasteiger charge is -2.28. The van der Waals surface area contributed by atoms with Crippen LogP contribution in [0.2, 0.25) is 0 Å². The summed E-state index contributed by atoms with van der Waals surface area (Å²) in [7, 11) is 1.75. The summed E-state index contributed by atoms with van der Waals surface area (Å²) < 4.78 is 0. The van der Waals surface area contributed by atoms with E-state index in [4.69, 9.17) is 5.11 Å². The molecule has 0 aromatic heterocycles. The van der Waals surface area contributed by atoms with Crippen LogP contribution in [-0.2, 0) is 4.79 Å². The average Bonchev–Trinajstić information content (AvgIpc) is 2.38. The summed E-state index contributed by atoms with van der Waals surface area (Å²) in [6, 6.07) is -1.07. The lowest BCUT2D eigenvalue weighted by atomic mass is 9.89. The van der Waals surface area contributed by atoms with Gasteiger partial charge in [0.25, 0.3) is 0 Å². The first-order valence-electron chi connectivity index (χ1n) is 7.64. The Kier molecular flexibility index (Phi) is 6.82. The summed E-state index contributed by atoms with van der Waals surface area (Å²) >= 11 is 0. The van der Waals surface area contributed by atoms with E-state index in [1.807, 2.05) is 13.8 Å². The van der Waals surface area contributed by atoms with E-state index in [2.05, 4.69) is 5.32 Å². The van der Waals surface area contributed by atoms with Crippen molar-refractivity contribution in [3.8, 4) is 0 Å². The number of urea groups is 1. The number of amides is 2. The minimum atomic E-state index is -0.960. The van der Waals surface area contributed by atoms with E-state index in [0.717, 1.165) is 6.54 Å². The third-order valence-corrected chi connectivity index (χ3v) is 3.91. The minimum absolute atomic E-state index is 0.236. The van der Waals surface area contributed by atoms with Gasteiger partial charge in [-0.15, -0.1) is 0 Å². The molecule has 0 radical (unpaired) electrons. The van der Waals surface area contributed by atoms with Crippen molar-refractivity contribution in [1.82, 2.24) is 10.2 Å². The maximum atomic E-state index is 12.1. The van der Waals surface area contributed by atoms with E-state index in [0.29, 0.717) is 12.3 Å². The Labute approximate surface area is 121 Å². The van der Waals surface area contributed by atoms with E-state index in [9.17, 15) is 9.59 Å². The second kappa shape index (κ2) is 8.12. The fourth-order valence-electron chi connectivity index (χ4n) is 2.79. The van der Waals surface area contributed by atoms with Gasteiger partial charge in [0.1, 0.15) is 6.04 Å². The molecule has 0 saturated heterocycles. The molecule has 1 saturated carbocycles. The third-order valence-electron chi connectivity index (χ3n) is 3.91. The first-order valence-corrected chi connectivity index (χ1v) is 7.64. The largest absolute Gasteiger partial charge is 0.480 e. The van der Waals surface area contributed by atoms with E-state index >= 15 is 0 Å². The van der Waals surface area contributed by atoms with Crippen LogP contribution in [0.25, 0.3) is 0 Å². The van der Waals surface area contributed by atoms with Crippen LogP contribution in [0.1, 0.15) is 52.4 Å². The summed E-state index contributed by atoms with van der Waals surface area (Å²) in [6.07, 6.45) is 6.58. The summed E-state index contributed by atoms with van der Waals surface area (Å²) in [5.41, 5.74) is 0. The maximum Gasteiger partial charge on any atom is 0.326 e. The van der Waals surface area contributed by atoms with Gasteiger partial charge in [-0.25, -0.2) is 9.59 Å². The number of carbonyl (C=O) groups excluding carboxylic acids is 1. The molecule has 0 aromatic rings. The predicted octanol–water partition coefficient (Wildman–Crippen LogP) is 2.71. The summed E-state index contributed by atoms with van der Waals surface area (Å²) in [4.78, 5) is 24.8. The number of carboxylic acids is 1. The van der Waals surface area contributed by atoms with Crippen molar-refractivity contribution in [2.24, 2.45) is 11.8 Å². The number of hydrogen-bond donors (Lipinski definition) is 2. The molecule has 0 unspecified atom stereocenters. The summed E-state index contributed by atoms with van der Waals surface area (Å²) in [6.45, 7) is 4.63. The Morgan fingerprint density at radius 1 is 1.25 bits per heavy atom. The molecule has 2 N–H and O–H groups in total. The van der Waals surface area contributed by atoms with Crippen molar-refractivity contribution < 1.29 is 14.7 Å². The van der Waals surface area contributed by atoms with Gasteiger partial charge >= 0.3 is 12.0 Å². The van der Waals surface area contributed by atoms with Crippen molar-refractivity contribution in [3.63, 3.8) is 0 Å². The van der Waals surface area contributed by atoms with Crippen LogP contribution in [0.4, 0.5) is 4.79 Å². The second-order valence-electron chi connectivity index (χ2n) is 6.35. The average molecular weight is 284 g/mol. The SMILES string of the molecule is CC(C)C[C@@H](NC(=O)N(C)CC1CCCCC1)C(=O)O. The molecule has 0 aliphatic heterocycles. The van der Waals surface area contributed by atoms with Gasteiger partial charge in [0, 0.05) is 13.6 Å². The lowest BCUT2D eigenvalue weighted by Crippen LogP contribution is -2.48. The Balaban J connectivity index is 2.43. The Hall–Kier alpha value is -1.26. The molecule has 5 nitrogen and oxygen atoms in total. The molecule has 0 aromatic carbocycles. The normalized spacial score (nSPS) is 17.8. The maximum absolute atomic E-state index is 12.1. The van der Waals surface area contributed by atoms with Crippen LogP contribution < -0.4 is 5.32 Å². The van der Waals surface area contributed by atoms with Gasteiger partial charge in [-0.3, -0.25) is 0 Å². The van der Waals surface area contributed by atoms with E-state index < -0.39 is 12.0 Å². The molecule has 2 amide bonds. The van der Waals surface area contributed by atoms with Gasteiger partial charge in [-0.2, -0.15) is 0 Å². The van der Waals surface area contributed by atoms with Crippen molar-refractivity contribution >= 4 is 12.0 Å². The quantitative estimate of drug-likeness (QED) is 0.788. The van der Waals surface area contributed by atoms with Crippen LogP contribution in [0.15, 0.2) is 0 Å². The van der Waals surface area contributed by atoms with Gasteiger partial charge in [-0.1, -0.05) is 33.1 Å². The molecule has 0 heterocycles. The van der Waals surface area contributed by atoms with Crippen LogP contribution in [0, 0.1) is 11.8 Å². The van der Waals surface area contributed by atoms with E-state index in [1.165, 1.54) is 32.1 Å². The number of nitrogens with one attached hydrogen (secondary N) is 1. The highest BCUT2D eigenvalue weighted by atomic mass is 16.4. The van der Waals surface area contributed by atoms with E-state index in [1.54, 1.807) is 11.9 Å². The molecule has 20 heavy (non-hydrogen) atoms. The highest BCUT2D eigenvalue weighted by molar-refractivity contribution is 5.82. The monoisotopic (exact) mass is 284 g/mol. The molecule has 1 rings (SSSR count). The van der Waals surface area contributed by atoms with Crippen molar-refractivity contribution in [1.29, 1.82) is 0 Å². The van der Waals surface area contributed by atoms with Gasteiger partial charge in [0.2, 0.25) is 0 Å². The van der Waals surface area contributed by atoms with Gasteiger partial charge in [0.15, 0.2) is 0 Å². The number of rotatable bonds is 6. The molecule has 1 aliphatic carbocycles. The number of nitrogens with zero attached hydrogens (tertiary/aromatic N) is 1. The molecule has 1 fully saturated rings. The minimum Gasteiger partial charge on any atom is -0.480 e. The zero-order valence-electron chi connectivity index (χ0n) is 12.9. The summed E-state index contributed by atoms with van der Waals surface area (Å²) in [5, 5.41) is 11.8. The zero-order chi connectivity index (χ0) is 15.1. The number of carbonyl (C=O) groups is 2. The molecule has 0 bridgehead atoms. The molecule has 5 heteroatoms. The van der Waals surface area contributed by atoms with E-state index in [-0.39, 0.29) is 11.9 Å². The smallest absolute Gasteiger partial charge is 0.326 e. The van der Waals surface area contributed by atoms with Gasteiger partial charge in [-0.05, 0) is 31.1 Å². The summed E-state index contributed by atoms with van der Waals surface area (Å²) in [5.74, 6) is -0.161. The van der Waals surface area contributed by atoms with Crippen LogP contribution in [-0.4, -0.2) is 41.6 Å².